The first-order chi connectivity index (χ1) is 8.69. The highest BCUT2D eigenvalue weighted by Crippen LogP contribution is 2.16. The van der Waals surface area contributed by atoms with Crippen LogP contribution in [0.15, 0.2) is 42.9 Å². The maximum atomic E-state index is 9.98. The summed E-state index contributed by atoms with van der Waals surface area (Å²) in [7, 11) is 1.61. The van der Waals surface area contributed by atoms with Gasteiger partial charge in [0.25, 0.3) is 6.33 Å². The lowest BCUT2D eigenvalue weighted by atomic mass is 10.2. The highest BCUT2D eigenvalue weighted by molar-refractivity contribution is 5.66. The summed E-state index contributed by atoms with van der Waals surface area (Å²) < 4.78 is 6.77. The van der Waals surface area contributed by atoms with Crippen LogP contribution in [0.25, 0.3) is 12.0 Å². The maximum Gasteiger partial charge on any atom is 0.291 e. The fraction of sp³-hybridized carbons (Fsp3) is 0.143. The fourth-order valence-electron chi connectivity index (χ4n) is 1.49. The van der Waals surface area contributed by atoms with E-state index in [9.17, 15) is 5.11 Å². The highest BCUT2D eigenvalue weighted by atomic mass is 16.5. The standard InChI is InChI=1S/C14H14N2O2/c1-11-7-8-16(10-15-11)9-14(17)12-3-5-13(18-2)6-4-12/h3-10H,1-2H3/p+1/b14-9-. The van der Waals surface area contributed by atoms with Crippen molar-refractivity contribution in [2.45, 2.75) is 6.92 Å². The van der Waals surface area contributed by atoms with Crippen molar-refractivity contribution in [1.82, 2.24) is 4.98 Å². The maximum absolute atomic E-state index is 9.98. The lowest BCUT2D eigenvalue weighted by Crippen LogP contribution is -2.26. The zero-order chi connectivity index (χ0) is 13.0. The average molecular weight is 243 g/mol. The molecule has 4 nitrogen and oxygen atoms in total. The van der Waals surface area contributed by atoms with Gasteiger partial charge < -0.3 is 9.84 Å². The zero-order valence-electron chi connectivity index (χ0n) is 10.4. The van der Waals surface area contributed by atoms with Gasteiger partial charge in [0.15, 0.2) is 11.5 Å². The minimum absolute atomic E-state index is 0.174. The van der Waals surface area contributed by atoms with Gasteiger partial charge in [0, 0.05) is 18.6 Å². The number of hydrogen-bond donors (Lipinski definition) is 1. The molecule has 0 unspecified atom stereocenters. The topological polar surface area (TPSA) is 46.2 Å². The normalized spacial score (nSPS) is 11.3. The minimum atomic E-state index is 0.174. The van der Waals surface area contributed by atoms with Gasteiger partial charge in [-0.1, -0.05) is 4.98 Å². The molecule has 0 spiro atoms. The molecular weight excluding hydrogens is 228 g/mol. The van der Waals surface area contributed by atoms with Gasteiger partial charge in [0.1, 0.15) is 11.9 Å². The molecule has 0 saturated carbocycles. The molecule has 0 amide bonds. The summed E-state index contributed by atoms with van der Waals surface area (Å²) in [4.78, 5) is 4.14. The Morgan fingerprint density at radius 1 is 1.28 bits per heavy atom. The van der Waals surface area contributed by atoms with Crippen LogP contribution in [0.3, 0.4) is 0 Å². The van der Waals surface area contributed by atoms with E-state index >= 15 is 0 Å². The molecule has 4 heteroatoms. The lowest BCUT2D eigenvalue weighted by Gasteiger charge is -2.02. The van der Waals surface area contributed by atoms with Crippen molar-refractivity contribution in [1.29, 1.82) is 0 Å². The summed E-state index contributed by atoms with van der Waals surface area (Å²) >= 11 is 0. The number of ether oxygens (including phenoxy) is 1. The van der Waals surface area contributed by atoms with E-state index in [0.717, 1.165) is 17.0 Å². The van der Waals surface area contributed by atoms with E-state index in [-0.39, 0.29) is 5.76 Å². The van der Waals surface area contributed by atoms with Gasteiger partial charge in [-0.2, -0.15) is 0 Å². The van der Waals surface area contributed by atoms with E-state index in [4.69, 9.17) is 4.74 Å². The molecule has 2 aromatic rings. The van der Waals surface area contributed by atoms with Crippen LogP contribution in [0.2, 0.25) is 0 Å². The van der Waals surface area contributed by atoms with Gasteiger partial charge in [-0.15, -0.1) is 0 Å². The molecule has 0 atom stereocenters. The molecule has 0 saturated heterocycles. The molecule has 1 aromatic carbocycles. The van der Waals surface area contributed by atoms with Crippen molar-refractivity contribution in [3.8, 4) is 5.75 Å². The Labute approximate surface area is 106 Å². The molecule has 1 N–H and O–H groups in total. The smallest absolute Gasteiger partial charge is 0.291 e. The van der Waals surface area contributed by atoms with Gasteiger partial charge in [-0.25, -0.2) is 4.57 Å². The van der Waals surface area contributed by atoms with E-state index in [1.807, 2.05) is 19.2 Å². The van der Waals surface area contributed by atoms with Crippen molar-refractivity contribution in [3.63, 3.8) is 0 Å². The summed E-state index contributed by atoms with van der Waals surface area (Å²) in [6, 6.07) is 9.08. The average Bonchev–Trinajstić information content (AvgIpc) is 2.41. The SMILES string of the molecule is COc1ccc(/C(O)=C/[n+]2ccc(C)nc2)cc1. The second-order valence-electron chi connectivity index (χ2n) is 3.89. The third-order valence-corrected chi connectivity index (χ3v) is 2.54. The Morgan fingerprint density at radius 3 is 2.56 bits per heavy atom. The number of benzene rings is 1. The summed E-state index contributed by atoms with van der Waals surface area (Å²) in [5.41, 5.74) is 1.66. The number of aromatic nitrogens is 2. The van der Waals surface area contributed by atoms with Crippen molar-refractivity contribution in [2.24, 2.45) is 0 Å². The Balaban J connectivity index is 2.23. The molecular formula is C14H15N2O2+. The van der Waals surface area contributed by atoms with E-state index in [1.54, 1.807) is 48.5 Å². The monoisotopic (exact) mass is 243 g/mol. The number of rotatable bonds is 3. The minimum Gasteiger partial charge on any atom is -0.504 e. The Hall–Kier alpha value is -2.36. The number of methoxy groups -OCH3 is 1. The Morgan fingerprint density at radius 2 is 2.00 bits per heavy atom. The third kappa shape index (κ3) is 2.85. The number of aliphatic hydroxyl groups excluding tert-OH is 1. The summed E-state index contributed by atoms with van der Waals surface area (Å²) in [6.45, 7) is 1.91. The van der Waals surface area contributed by atoms with Crippen LogP contribution >= 0.6 is 0 Å². The molecule has 0 aliphatic heterocycles. The van der Waals surface area contributed by atoms with Crippen LogP contribution in [-0.4, -0.2) is 17.2 Å². The molecule has 2 rings (SSSR count). The van der Waals surface area contributed by atoms with Crippen LogP contribution in [0.1, 0.15) is 11.3 Å². The van der Waals surface area contributed by atoms with Crippen LogP contribution in [0.4, 0.5) is 0 Å². The van der Waals surface area contributed by atoms with Crippen molar-refractivity contribution >= 4 is 12.0 Å². The summed E-state index contributed by atoms with van der Waals surface area (Å²) in [6.07, 6.45) is 5.09. The van der Waals surface area contributed by atoms with Gasteiger partial charge in [0.2, 0.25) is 0 Å². The van der Waals surface area contributed by atoms with Crippen LogP contribution < -0.4 is 9.30 Å². The fourth-order valence-corrected chi connectivity index (χ4v) is 1.49. The van der Waals surface area contributed by atoms with Crippen LogP contribution in [-0.2, 0) is 0 Å². The lowest BCUT2D eigenvalue weighted by molar-refractivity contribution is -0.571. The summed E-state index contributed by atoms with van der Waals surface area (Å²) in [5, 5.41) is 9.98. The van der Waals surface area contributed by atoms with Crippen LogP contribution in [0.5, 0.6) is 5.75 Å². The van der Waals surface area contributed by atoms with Gasteiger partial charge in [-0.3, -0.25) is 0 Å². The van der Waals surface area contributed by atoms with Gasteiger partial charge in [-0.05, 0) is 24.3 Å². The van der Waals surface area contributed by atoms with E-state index < -0.39 is 0 Å². The molecule has 1 heterocycles. The predicted octanol–water partition coefficient (Wildman–Crippen LogP) is 2.20. The molecule has 0 bridgehead atoms. The van der Waals surface area contributed by atoms with Gasteiger partial charge >= 0.3 is 0 Å². The largest absolute Gasteiger partial charge is 0.504 e. The highest BCUT2D eigenvalue weighted by Gasteiger charge is 2.03. The number of hydrogen-bond acceptors (Lipinski definition) is 3. The second-order valence-corrected chi connectivity index (χ2v) is 3.89. The number of aryl methyl sites for hydroxylation is 1. The summed E-state index contributed by atoms with van der Waals surface area (Å²) in [5.74, 6) is 0.935. The van der Waals surface area contributed by atoms with E-state index in [0.29, 0.717) is 0 Å². The molecule has 18 heavy (non-hydrogen) atoms. The molecule has 92 valence electrons. The second kappa shape index (κ2) is 5.31. The molecule has 0 aliphatic carbocycles. The Bertz CT molecular complexity index is 545. The Kier molecular flexibility index (Phi) is 3.57. The number of nitrogens with zero attached hydrogens (tertiary/aromatic N) is 2. The molecule has 0 fully saturated rings. The number of aliphatic hydroxyl groups is 1. The first kappa shape index (κ1) is 12.1. The quantitative estimate of drug-likeness (QED) is 0.664. The van der Waals surface area contributed by atoms with Crippen molar-refractivity contribution in [3.05, 3.63) is 54.1 Å². The first-order valence-corrected chi connectivity index (χ1v) is 5.57. The van der Waals surface area contributed by atoms with Crippen molar-refractivity contribution in [2.75, 3.05) is 7.11 Å². The first-order valence-electron chi connectivity index (χ1n) is 5.57. The third-order valence-electron chi connectivity index (χ3n) is 2.54. The predicted molar refractivity (Wildman–Crippen MR) is 69.0 cm³/mol. The van der Waals surface area contributed by atoms with E-state index in [2.05, 4.69) is 4.98 Å². The van der Waals surface area contributed by atoms with Crippen molar-refractivity contribution < 1.29 is 14.4 Å². The molecule has 1 aromatic heterocycles. The molecule has 0 aliphatic rings. The molecule has 0 radical (unpaired) electrons. The van der Waals surface area contributed by atoms with E-state index in [1.165, 1.54) is 0 Å². The van der Waals surface area contributed by atoms with Crippen LogP contribution in [0, 0.1) is 6.92 Å². The van der Waals surface area contributed by atoms with Gasteiger partial charge in [0.05, 0.1) is 13.3 Å². The zero-order valence-corrected chi connectivity index (χ0v) is 10.4.